The van der Waals surface area contributed by atoms with E-state index < -0.39 is 0 Å². The van der Waals surface area contributed by atoms with Gasteiger partial charge in [-0.05, 0) is 19.3 Å². The van der Waals surface area contributed by atoms with Gasteiger partial charge >= 0.3 is 0 Å². The number of ketones is 1. The summed E-state index contributed by atoms with van der Waals surface area (Å²) < 4.78 is 1.87. The summed E-state index contributed by atoms with van der Waals surface area (Å²) in [5.74, 6) is 1.84. The van der Waals surface area contributed by atoms with Gasteiger partial charge in [-0.2, -0.15) is 0 Å². The molecule has 2 aliphatic rings. The Morgan fingerprint density at radius 2 is 1.74 bits per heavy atom. The van der Waals surface area contributed by atoms with Gasteiger partial charge in [-0.15, -0.1) is 5.10 Å². The van der Waals surface area contributed by atoms with Gasteiger partial charge in [-0.3, -0.25) is 4.79 Å². The average Bonchev–Trinajstić information content (AvgIpc) is 3.08. The standard InChI is InChI=1S/C9H11N3O.C6H6/c13-8(6-3-4-6)9-10-7-2-1-5-12(7)11-9;1-2-4-6-5-3-1/h6H,1-5H2;1-6H. The van der Waals surface area contributed by atoms with Crippen LogP contribution in [-0.4, -0.2) is 20.5 Å². The van der Waals surface area contributed by atoms with E-state index in [4.69, 9.17) is 0 Å². The molecule has 0 bridgehead atoms. The Hall–Kier alpha value is -1.97. The molecule has 4 heteroatoms. The molecule has 1 aromatic carbocycles. The van der Waals surface area contributed by atoms with Crippen molar-refractivity contribution in [3.8, 4) is 0 Å². The lowest BCUT2D eigenvalue weighted by atomic mass is 10.2. The molecule has 1 aliphatic carbocycles. The highest BCUT2D eigenvalue weighted by Gasteiger charge is 2.33. The van der Waals surface area contributed by atoms with Crippen LogP contribution >= 0.6 is 0 Å². The quantitative estimate of drug-likeness (QED) is 0.775. The van der Waals surface area contributed by atoms with E-state index in [1.165, 1.54) is 0 Å². The molecule has 98 valence electrons. The Morgan fingerprint density at radius 1 is 1.11 bits per heavy atom. The van der Waals surface area contributed by atoms with Crippen LogP contribution in [0, 0.1) is 5.92 Å². The summed E-state index contributed by atoms with van der Waals surface area (Å²) in [5.41, 5.74) is 0. The van der Waals surface area contributed by atoms with Gasteiger partial charge in [0.15, 0.2) is 0 Å². The number of carbonyl (C=O) groups excluding carboxylic acids is 1. The average molecular weight is 255 g/mol. The van der Waals surface area contributed by atoms with Crippen molar-refractivity contribution in [3.05, 3.63) is 48.0 Å². The third-order valence-corrected chi connectivity index (χ3v) is 3.35. The lowest BCUT2D eigenvalue weighted by Crippen LogP contribution is -2.05. The maximum absolute atomic E-state index is 11.6. The Kier molecular flexibility index (Phi) is 3.40. The monoisotopic (exact) mass is 255 g/mol. The summed E-state index contributed by atoms with van der Waals surface area (Å²) in [5, 5.41) is 4.21. The Morgan fingerprint density at radius 3 is 2.26 bits per heavy atom. The normalized spacial score (nSPS) is 16.4. The minimum Gasteiger partial charge on any atom is -0.290 e. The van der Waals surface area contributed by atoms with Crippen LogP contribution in [0.1, 0.15) is 35.7 Å². The van der Waals surface area contributed by atoms with Crippen LogP contribution < -0.4 is 0 Å². The first-order valence-electron chi connectivity index (χ1n) is 6.82. The number of benzene rings is 1. The molecule has 4 rings (SSSR count). The third-order valence-electron chi connectivity index (χ3n) is 3.35. The molecule has 2 aromatic rings. The number of aromatic nitrogens is 3. The number of fused-ring (bicyclic) bond motifs is 1. The van der Waals surface area contributed by atoms with E-state index in [1.807, 2.05) is 41.1 Å². The lowest BCUT2D eigenvalue weighted by molar-refractivity contribution is 0.0957. The first-order valence-corrected chi connectivity index (χ1v) is 6.82. The summed E-state index contributed by atoms with van der Waals surface area (Å²) in [6, 6.07) is 12.0. The molecule has 1 saturated carbocycles. The topological polar surface area (TPSA) is 47.8 Å². The Bertz CT molecular complexity index is 510. The van der Waals surface area contributed by atoms with Crippen LogP contribution in [0.3, 0.4) is 0 Å². The van der Waals surface area contributed by atoms with Crippen molar-refractivity contribution in [3.63, 3.8) is 0 Å². The fourth-order valence-corrected chi connectivity index (χ4v) is 2.14. The second-order valence-electron chi connectivity index (χ2n) is 4.97. The van der Waals surface area contributed by atoms with Gasteiger partial charge in [0.1, 0.15) is 5.82 Å². The molecular formula is C15H17N3O. The number of hydrogen-bond donors (Lipinski definition) is 0. The van der Waals surface area contributed by atoms with Gasteiger partial charge < -0.3 is 0 Å². The number of carbonyl (C=O) groups is 1. The molecular weight excluding hydrogens is 238 g/mol. The van der Waals surface area contributed by atoms with Crippen molar-refractivity contribution in [2.24, 2.45) is 5.92 Å². The maximum Gasteiger partial charge on any atom is 0.217 e. The van der Waals surface area contributed by atoms with Crippen LogP contribution in [0.4, 0.5) is 0 Å². The highest BCUT2D eigenvalue weighted by molar-refractivity contribution is 5.95. The largest absolute Gasteiger partial charge is 0.290 e. The number of Topliss-reactive ketones (excluding diaryl/α,β-unsaturated/α-hetero) is 1. The van der Waals surface area contributed by atoms with Gasteiger partial charge in [-0.25, -0.2) is 9.67 Å². The van der Waals surface area contributed by atoms with Crippen molar-refractivity contribution in [2.75, 3.05) is 0 Å². The molecule has 19 heavy (non-hydrogen) atoms. The van der Waals surface area contributed by atoms with Crippen LogP contribution in [0.25, 0.3) is 0 Å². The molecule has 0 atom stereocenters. The van der Waals surface area contributed by atoms with Crippen molar-refractivity contribution in [2.45, 2.75) is 32.2 Å². The second kappa shape index (κ2) is 5.34. The molecule has 1 fully saturated rings. The second-order valence-corrected chi connectivity index (χ2v) is 4.97. The smallest absolute Gasteiger partial charge is 0.217 e. The SMILES string of the molecule is O=C(c1nc2n(n1)CCC2)C1CC1.c1ccccc1. The molecule has 2 heterocycles. The fraction of sp³-hybridized carbons (Fsp3) is 0.400. The highest BCUT2D eigenvalue weighted by atomic mass is 16.1. The summed E-state index contributed by atoms with van der Waals surface area (Å²) >= 11 is 0. The summed E-state index contributed by atoms with van der Waals surface area (Å²) in [6.45, 7) is 0.931. The molecule has 1 aromatic heterocycles. The van der Waals surface area contributed by atoms with E-state index in [2.05, 4.69) is 10.1 Å². The predicted molar refractivity (Wildman–Crippen MR) is 71.8 cm³/mol. The molecule has 0 unspecified atom stereocenters. The number of aryl methyl sites for hydroxylation is 2. The van der Waals surface area contributed by atoms with Gasteiger partial charge in [-0.1, -0.05) is 36.4 Å². The van der Waals surface area contributed by atoms with E-state index >= 15 is 0 Å². The molecule has 0 saturated heterocycles. The molecule has 0 radical (unpaired) electrons. The van der Waals surface area contributed by atoms with Crippen LogP contribution in [0.5, 0.6) is 0 Å². The van der Waals surface area contributed by atoms with E-state index in [1.54, 1.807) is 0 Å². The van der Waals surface area contributed by atoms with Crippen LogP contribution in [-0.2, 0) is 13.0 Å². The van der Waals surface area contributed by atoms with Crippen LogP contribution in [0.2, 0.25) is 0 Å². The molecule has 0 N–H and O–H groups in total. The summed E-state index contributed by atoms with van der Waals surface area (Å²) in [6.07, 6.45) is 4.16. The van der Waals surface area contributed by atoms with Gasteiger partial charge in [0.25, 0.3) is 0 Å². The van der Waals surface area contributed by atoms with Crippen molar-refractivity contribution < 1.29 is 4.79 Å². The van der Waals surface area contributed by atoms with Gasteiger partial charge in [0.05, 0.1) is 0 Å². The molecule has 0 amide bonds. The Balaban J connectivity index is 0.000000155. The first kappa shape index (κ1) is 12.1. The zero-order chi connectivity index (χ0) is 13.1. The predicted octanol–water partition coefficient (Wildman–Crippen LogP) is 2.50. The summed E-state index contributed by atoms with van der Waals surface area (Å²) in [4.78, 5) is 15.8. The van der Waals surface area contributed by atoms with Crippen molar-refractivity contribution >= 4 is 5.78 Å². The van der Waals surface area contributed by atoms with Crippen molar-refractivity contribution in [1.29, 1.82) is 0 Å². The van der Waals surface area contributed by atoms with Gasteiger partial charge in [0, 0.05) is 18.9 Å². The zero-order valence-corrected chi connectivity index (χ0v) is 10.8. The van der Waals surface area contributed by atoms with Gasteiger partial charge in [0.2, 0.25) is 11.6 Å². The molecule has 0 spiro atoms. The lowest BCUT2D eigenvalue weighted by Gasteiger charge is -1.90. The van der Waals surface area contributed by atoms with E-state index in [0.29, 0.717) is 5.82 Å². The minimum atomic E-state index is 0.155. The van der Waals surface area contributed by atoms with E-state index in [9.17, 15) is 4.79 Å². The number of rotatable bonds is 2. The highest BCUT2D eigenvalue weighted by Crippen LogP contribution is 2.32. The van der Waals surface area contributed by atoms with Crippen LogP contribution in [0.15, 0.2) is 36.4 Å². The zero-order valence-electron chi connectivity index (χ0n) is 10.8. The third kappa shape index (κ3) is 2.89. The minimum absolute atomic E-state index is 0.155. The number of hydrogen-bond acceptors (Lipinski definition) is 3. The summed E-state index contributed by atoms with van der Waals surface area (Å²) in [7, 11) is 0. The van der Waals surface area contributed by atoms with Crippen molar-refractivity contribution in [1.82, 2.24) is 14.8 Å². The van der Waals surface area contributed by atoms with E-state index in [-0.39, 0.29) is 11.7 Å². The number of nitrogens with zero attached hydrogens (tertiary/aromatic N) is 3. The first-order chi connectivity index (χ1) is 9.34. The molecule has 1 aliphatic heterocycles. The van der Waals surface area contributed by atoms with E-state index in [0.717, 1.165) is 38.1 Å². The molecule has 4 nitrogen and oxygen atoms in total. The fourth-order valence-electron chi connectivity index (χ4n) is 2.14. The Labute approximate surface area is 112 Å². The maximum atomic E-state index is 11.6.